The highest BCUT2D eigenvalue weighted by atomic mass is 35.5. The zero-order chi connectivity index (χ0) is 19.1. The first kappa shape index (κ1) is 18.8. The number of hydrogen-bond acceptors (Lipinski definition) is 5. The van der Waals surface area contributed by atoms with Crippen LogP contribution in [0.2, 0.25) is 5.02 Å². The molecule has 8 heteroatoms. The first-order chi connectivity index (χ1) is 12.2. The number of carbonyl (C=O) groups excluding carboxylic acids is 1. The van der Waals surface area contributed by atoms with E-state index in [1.165, 1.54) is 48.5 Å². The molecule has 26 heavy (non-hydrogen) atoms. The number of hydrogen-bond donors (Lipinski definition) is 1. The Morgan fingerprint density at radius 1 is 1.19 bits per heavy atom. The van der Waals surface area contributed by atoms with Crippen LogP contribution in [0.15, 0.2) is 53.4 Å². The molecule has 138 valence electrons. The fourth-order valence-corrected chi connectivity index (χ4v) is 5.55. The van der Waals surface area contributed by atoms with Crippen molar-refractivity contribution in [2.75, 3.05) is 6.61 Å². The largest absolute Gasteiger partial charge is 0.465 e. The molecule has 3 atom stereocenters. The number of esters is 1. The van der Waals surface area contributed by atoms with E-state index in [-0.39, 0.29) is 11.5 Å². The van der Waals surface area contributed by atoms with Crippen LogP contribution in [0, 0.1) is 5.82 Å². The lowest BCUT2D eigenvalue weighted by Gasteiger charge is -2.11. The van der Waals surface area contributed by atoms with E-state index < -0.39 is 38.3 Å². The Hall–Kier alpha value is -1.96. The van der Waals surface area contributed by atoms with Gasteiger partial charge in [0.05, 0.1) is 11.5 Å². The summed E-state index contributed by atoms with van der Waals surface area (Å²) in [5, 5.41) is -0.820. The molecule has 2 aromatic rings. The molecule has 2 aromatic carbocycles. The van der Waals surface area contributed by atoms with Gasteiger partial charge < -0.3 is 10.5 Å². The van der Waals surface area contributed by atoms with Crippen molar-refractivity contribution >= 4 is 27.4 Å². The van der Waals surface area contributed by atoms with Crippen molar-refractivity contribution in [1.29, 1.82) is 0 Å². The van der Waals surface area contributed by atoms with Gasteiger partial charge in [-0.25, -0.2) is 17.6 Å². The number of benzene rings is 2. The van der Waals surface area contributed by atoms with Crippen molar-refractivity contribution in [2.45, 2.75) is 28.5 Å². The second kappa shape index (κ2) is 6.64. The molecular weight excluding hydrogens is 381 g/mol. The summed E-state index contributed by atoms with van der Waals surface area (Å²) < 4.78 is 44.4. The van der Waals surface area contributed by atoms with Crippen LogP contribution >= 0.6 is 11.6 Å². The molecular formula is C18H17ClFNO4S. The molecule has 3 rings (SSSR count). The highest BCUT2D eigenvalue weighted by Gasteiger charge is 2.74. The molecule has 0 radical (unpaired) electrons. The molecule has 1 saturated carbocycles. The van der Waals surface area contributed by atoms with E-state index in [0.29, 0.717) is 10.6 Å². The number of nitrogens with two attached hydrogens (primary N) is 1. The number of carbonyl (C=O) groups is 1. The number of ether oxygens (including phenoxy) is 1. The monoisotopic (exact) mass is 397 g/mol. The van der Waals surface area contributed by atoms with Gasteiger partial charge in [0.1, 0.15) is 16.6 Å². The van der Waals surface area contributed by atoms with Crippen molar-refractivity contribution in [3.05, 3.63) is 64.9 Å². The molecule has 1 aliphatic rings. The molecule has 1 aliphatic carbocycles. The quantitative estimate of drug-likeness (QED) is 0.784. The average Bonchev–Trinajstić information content (AvgIpc) is 3.25. The lowest BCUT2D eigenvalue weighted by Crippen LogP contribution is -2.41. The van der Waals surface area contributed by atoms with Gasteiger partial charge in [-0.1, -0.05) is 23.7 Å². The van der Waals surface area contributed by atoms with Gasteiger partial charge in [-0.2, -0.15) is 0 Å². The molecule has 0 heterocycles. The minimum atomic E-state index is -3.94. The van der Waals surface area contributed by atoms with Gasteiger partial charge in [0.15, 0.2) is 9.84 Å². The standard InChI is InChI=1S/C18H17ClFNO4S/c1-2-25-17(22)18(21)15(11-3-7-13(20)8-4-11)16(18)26(23,24)14-9-5-12(19)6-10-14/h3-10,15-16H,2,21H2,1H3/t15-,16+,18-/m1/s1. The van der Waals surface area contributed by atoms with Crippen LogP contribution in [-0.4, -0.2) is 31.8 Å². The smallest absolute Gasteiger partial charge is 0.328 e. The van der Waals surface area contributed by atoms with Crippen molar-refractivity contribution < 1.29 is 22.3 Å². The first-order valence-corrected chi connectivity index (χ1v) is 9.86. The zero-order valence-corrected chi connectivity index (χ0v) is 15.4. The Kier molecular flexibility index (Phi) is 4.81. The molecule has 1 fully saturated rings. The molecule has 0 unspecified atom stereocenters. The number of halogens is 2. The van der Waals surface area contributed by atoms with Gasteiger partial charge in [0.2, 0.25) is 0 Å². The maximum atomic E-state index is 13.2. The van der Waals surface area contributed by atoms with E-state index >= 15 is 0 Å². The second-order valence-electron chi connectivity index (χ2n) is 6.10. The Balaban J connectivity index is 2.06. The summed E-state index contributed by atoms with van der Waals surface area (Å²) in [6.07, 6.45) is 0. The Labute approximate surface area is 155 Å². The van der Waals surface area contributed by atoms with Gasteiger partial charge in [-0.3, -0.25) is 0 Å². The van der Waals surface area contributed by atoms with Crippen LogP contribution < -0.4 is 5.73 Å². The van der Waals surface area contributed by atoms with Gasteiger partial charge in [0.25, 0.3) is 0 Å². The summed E-state index contributed by atoms with van der Waals surface area (Å²) in [5.74, 6) is -2.09. The van der Waals surface area contributed by atoms with Gasteiger partial charge in [-0.05, 0) is 48.9 Å². The van der Waals surface area contributed by atoms with Crippen LogP contribution in [0.1, 0.15) is 18.4 Å². The third-order valence-corrected chi connectivity index (χ3v) is 7.03. The van der Waals surface area contributed by atoms with Crippen LogP contribution in [-0.2, 0) is 19.4 Å². The number of rotatable bonds is 5. The van der Waals surface area contributed by atoms with E-state index in [2.05, 4.69) is 0 Å². The van der Waals surface area contributed by atoms with Crippen LogP contribution in [0.5, 0.6) is 0 Å². The summed E-state index contributed by atoms with van der Waals surface area (Å²) >= 11 is 5.81. The lowest BCUT2D eigenvalue weighted by molar-refractivity contribution is -0.145. The lowest BCUT2D eigenvalue weighted by atomic mass is 10.1. The van der Waals surface area contributed by atoms with E-state index in [9.17, 15) is 17.6 Å². The molecule has 5 nitrogen and oxygen atoms in total. The zero-order valence-electron chi connectivity index (χ0n) is 13.9. The highest BCUT2D eigenvalue weighted by molar-refractivity contribution is 7.92. The SMILES string of the molecule is CCOC(=O)[C@@]1(N)[C@H](c2ccc(F)cc2)[C@@H]1S(=O)(=O)c1ccc(Cl)cc1. The van der Waals surface area contributed by atoms with Crippen molar-refractivity contribution in [1.82, 2.24) is 0 Å². The van der Waals surface area contributed by atoms with Crippen molar-refractivity contribution in [3.8, 4) is 0 Å². The van der Waals surface area contributed by atoms with Crippen molar-refractivity contribution in [2.24, 2.45) is 5.73 Å². The molecule has 2 N–H and O–H groups in total. The van der Waals surface area contributed by atoms with Crippen LogP contribution in [0.4, 0.5) is 4.39 Å². The topological polar surface area (TPSA) is 86.5 Å². The molecule has 0 bridgehead atoms. The first-order valence-electron chi connectivity index (χ1n) is 7.94. The minimum Gasteiger partial charge on any atom is -0.465 e. The summed E-state index contributed by atoms with van der Waals surface area (Å²) in [6.45, 7) is 1.68. The minimum absolute atomic E-state index is 0.00985. The van der Waals surface area contributed by atoms with E-state index in [0.717, 1.165) is 0 Å². The van der Waals surface area contributed by atoms with Crippen LogP contribution in [0.3, 0.4) is 0 Å². The van der Waals surface area contributed by atoms with Gasteiger partial charge in [-0.15, -0.1) is 0 Å². The summed E-state index contributed by atoms with van der Waals surface area (Å²) in [7, 11) is -3.94. The van der Waals surface area contributed by atoms with E-state index in [1.54, 1.807) is 6.92 Å². The highest BCUT2D eigenvalue weighted by Crippen LogP contribution is 2.56. The Bertz CT molecular complexity index is 931. The predicted molar refractivity (Wildman–Crippen MR) is 95.1 cm³/mol. The fraction of sp³-hybridized carbons (Fsp3) is 0.278. The Morgan fingerprint density at radius 2 is 1.77 bits per heavy atom. The predicted octanol–water partition coefficient (Wildman–Crippen LogP) is 2.68. The van der Waals surface area contributed by atoms with E-state index in [1.807, 2.05) is 0 Å². The maximum absolute atomic E-state index is 13.2. The van der Waals surface area contributed by atoms with Gasteiger partial charge >= 0.3 is 5.97 Å². The van der Waals surface area contributed by atoms with Gasteiger partial charge in [0, 0.05) is 10.9 Å². The fourth-order valence-electron chi connectivity index (χ4n) is 3.20. The number of sulfone groups is 1. The molecule has 0 aliphatic heterocycles. The van der Waals surface area contributed by atoms with E-state index in [4.69, 9.17) is 22.1 Å². The third-order valence-electron chi connectivity index (χ3n) is 4.51. The third kappa shape index (κ3) is 3.00. The molecule has 0 aromatic heterocycles. The summed E-state index contributed by atoms with van der Waals surface area (Å²) in [6, 6.07) is 10.9. The summed E-state index contributed by atoms with van der Waals surface area (Å²) in [4.78, 5) is 12.4. The average molecular weight is 398 g/mol. The Morgan fingerprint density at radius 3 is 2.31 bits per heavy atom. The van der Waals surface area contributed by atoms with Crippen molar-refractivity contribution in [3.63, 3.8) is 0 Å². The van der Waals surface area contributed by atoms with Crippen LogP contribution in [0.25, 0.3) is 0 Å². The molecule has 0 amide bonds. The maximum Gasteiger partial charge on any atom is 0.328 e. The summed E-state index contributed by atoms with van der Waals surface area (Å²) in [5.41, 5.74) is 4.95. The normalized spacial score (nSPS) is 24.9. The second-order valence-corrected chi connectivity index (χ2v) is 8.61. The molecule has 0 saturated heterocycles. The molecule has 0 spiro atoms.